The number of nitrogens with zero attached hydrogens (tertiary/aromatic N) is 1. The molecule has 0 unspecified atom stereocenters. The lowest BCUT2D eigenvalue weighted by atomic mass is 10.5. The van der Waals surface area contributed by atoms with Crippen LogP contribution in [-0.2, 0) is 44.6 Å². The van der Waals surface area contributed by atoms with E-state index in [4.69, 9.17) is 39.8 Å². The van der Waals surface area contributed by atoms with Crippen LogP contribution in [-0.4, -0.2) is 111 Å². The molecule has 0 aliphatic carbocycles. The zero-order valence-electron chi connectivity index (χ0n) is 24.5. The second-order valence-corrected chi connectivity index (χ2v) is 23.3. The summed E-state index contributed by atoms with van der Waals surface area (Å²) in [5.41, 5.74) is 0. The highest BCUT2D eigenvalue weighted by Gasteiger charge is 2.43. The van der Waals surface area contributed by atoms with Gasteiger partial charge in [-0.15, -0.1) is 0 Å². The van der Waals surface area contributed by atoms with Crippen molar-refractivity contribution in [3.8, 4) is 0 Å². The minimum atomic E-state index is -2.67. The quantitative estimate of drug-likeness (QED) is 0.0659. The normalized spacial score (nSPS) is 13.1. The van der Waals surface area contributed by atoms with Crippen molar-refractivity contribution in [1.82, 2.24) is 0 Å². The minimum Gasteiger partial charge on any atom is -0.377 e. The van der Waals surface area contributed by atoms with Gasteiger partial charge in [-0.25, -0.2) is 9.79 Å². The largest absolute Gasteiger partial charge is 0.500 e. The smallest absolute Gasteiger partial charge is 0.377 e. The molecule has 0 atom stereocenters. The molecule has 0 saturated carbocycles. The van der Waals surface area contributed by atoms with Crippen LogP contribution in [0.2, 0.25) is 42.3 Å². The van der Waals surface area contributed by atoms with Crippen molar-refractivity contribution in [3.05, 3.63) is 0 Å². The maximum absolute atomic E-state index is 10.7. The Labute approximate surface area is 228 Å². The minimum absolute atomic E-state index is 0.491. The Morgan fingerprint density at radius 2 is 0.730 bits per heavy atom. The van der Waals surface area contributed by atoms with Crippen LogP contribution in [0.25, 0.3) is 0 Å². The third-order valence-electron chi connectivity index (χ3n) is 7.41. The Kier molecular flexibility index (Phi) is 19.8. The molecule has 0 spiro atoms. The molecule has 0 aromatic heterocycles. The first-order chi connectivity index (χ1) is 17.7. The van der Waals surface area contributed by atoms with Gasteiger partial charge in [0.25, 0.3) is 0 Å². The van der Waals surface area contributed by atoms with Gasteiger partial charge in [0.2, 0.25) is 6.08 Å². The summed E-state index contributed by atoms with van der Waals surface area (Å²) in [4.78, 5) is 14.5. The highest BCUT2D eigenvalue weighted by atomic mass is 28.4. The molecule has 0 bridgehead atoms. The van der Waals surface area contributed by atoms with Gasteiger partial charge in [0.1, 0.15) is 0 Å². The molecule has 0 fully saturated rings. The van der Waals surface area contributed by atoms with E-state index in [0.717, 1.165) is 68.0 Å². The third kappa shape index (κ3) is 12.3. The average Bonchev–Trinajstić information content (AvgIpc) is 2.95. The summed E-state index contributed by atoms with van der Waals surface area (Å²) >= 11 is 0. The van der Waals surface area contributed by atoms with E-state index >= 15 is 0 Å². The van der Waals surface area contributed by atoms with E-state index in [0.29, 0.717) is 6.54 Å². The molecule has 11 nitrogen and oxygen atoms in total. The molecule has 0 aromatic rings. The standard InChI is InChI=1S/C22H51NO10Si4/c1-25-35(26-2,27-3)19-11-16-34(15-10-14-23-22-24,17-12-20-36(28-4,29-5)30-6)18-13-21-37(31-7,32-8)33-9/h10-21H2,1-9H3. The van der Waals surface area contributed by atoms with Crippen LogP contribution >= 0.6 is 0 Å². The fraction of sp³-hybridized carbons (Fsp3) is 0.955. The fourth-order valence-electron chi connectivity index (χ4n) is 5.04. The zero-order valence-corrected chi connectivity index (χ0v) is 28.5. The molecular formula is C22H51NO10Si4. The molecule has 220 valence electrons. The van der Waals surface area contributed by atoms with Gasteiger partial charge in [-0.05, 0) is 6.42 Å². The Balaban J connectivity index is 5.84. The molecule has 0 amide bonds. The monoisotopic (exact) mass is 601 g/mol. The molecule has 0 radical (unpaired) electrons. The van der Waals surface area contributed by atoms with Crippen LogP contribution in [0.4, 0.5) is 0 Å². The molecule has 0 aromatic carbocycles. The van der Waals surface area contributed by atoms with E-state index in [1.54, 1.807) is 70.1 Å². The summed E-state index contributed by atoms with van der Waals surface area (Å²) in [5, 5.41) is 0. The summed E-state index contributed by atoms with van der Waals surface area (Å²) in [6, 6.07) is 6.51. The number of carbonyl (C=O) groups excluding carboxylic acids is 1. The van der Waals surface area contributed by atoms with E-state index in [1.807, 2.05) is 0 Å². The topological polar surface area (TPSA) is 113 Å². The lowest BCUT2D eigenvalue weighted by molar-refractivity contribution is 0.123. The van der Waals surface area contributed by atoms with Gasteiger partial charge in [0, 0.05) is 82.1 Å². The first kappa shape index (κ1) is 36.9. The molecule has 0 aliphatic rings. The molecule has 0 aliphatic heterocycles. The molecule has 0 rings (SSSR count). The summed E-state index contributed by atoms with van der Waals surface area (Å²) in [6.45, 7) is 0.491. The number of rotatable bonds is 25. The Morgan fingerprint density at radius 3 is 0.973 bits per heavy atom. The lowest BCUT2D eigenvalue weighted by Gasteiger charge is -2.35. The summed E-state index contributed by atoms with van der Waals surface area (Å²) in [5.74, 6) is 0. The van der Waals surface area contributed by atoms with Crippen LogP contribution in [0.15, 0.2) is 4.99 Å². The number of hydrogen-bond donors (Lipinski definition) is 0. The predicted octanol–water partition coefficient (Wildman–Crippen LogP) is 3.97. The lowest BCUT2D eigenvalue weighted by Crippen LogP contribution is -2.45. The number of hydrogen-bond acceptors (Lipinski definition) is 11. The zero-order chi connectivity index (χ0) is 28.3. The predicted molar refractivity (Wildman–Crippen MR) is 151 cm³/mol. The van der Waals surface area contributed by atoms with Crippen LogP contribution in [0.5, 0.6) is 0 Å². The molecule has 37 heavy (non-hydrogen) atoms. The van der Waals surface area contributed by atoms with Crippen molar-refractivity contribution >= 4 is 40.6 Å². The van der Waals surface area contributed by atoms with E-state index in [-0.39, 0.29) is 0 Å². The molecule has 15 heteroatoms. The maximum Gasteiger partial charge on any atom is 0.500 e. The van der Waals surface area contributed by atoms with E-state index in [9.17, 15) is 4.79 Å². The van der Waals surface area contributed by atoms with Gasteiger partial charge in [-0.3, -0.25) is 0 Å². The van der Waals surface area contributed by atoms with Gasteiger partial charge >= 0.3 is 26.4 Å². The van der Waals surface area contributed by atoms with Crippen molar-refractivity contribution < 1.29 is 44.6 Å². The first-order valence-electron chi connectivity index (χ1n) is 12.7. The van der Waals surface area contributed by atoms with Crippen LogP contribution in [0, 0.1) is 0 Å². The van der Waals surface area contributed by atoms with Crippen LogP contribution in [0.1, 0.15) is 25.7 Å². The van der Waals surface area contributed by atoms with E-state index in [2.05, 4.69) is 4.99 Å². The van der Waals surface area contributed by atoms with Gasteiger partial charge < -0.3 is 39.8 Å². The van der Waals surface area contributed by atoms with Crippen molar-refractivity contribution in [1.29, 1.82) is 0 Å². The van der Waals surface area contributed by atoms with Gasteiger partial charge in [0.05, 0.1) is 14.6 Å². The molecule has 0 N–H and O–H groups in total. The average molecular weight is 602 g/mol. The highest BCUT2D eigenvalue weighted by Crippen LogP contribution is 2.36. The highest BCUT2D eigenvalue weighted by molar-refractivity contribution is 6.80. The summed E-state index contributed by atoms with van der Waals surface area (Å²) in [7, 11) is 4.94. The van der Waals surface area contributed by atoms with E-state index in [1.165, 1.54) is 0 Å². The van der Waals surface area contributed by atoms with E-state index < -0.39 is 34.5 Å². The second-order valence-electron chi connectivity index (χ2n) is 9.02. The SMILES string of the molecule is CO[Si](CCC[Si](CCCN=C=O)(CCC[Si](OC)(OC)OC)CCC[Si](OC)(OC)OC)(OC)OC. The Hall–Kier alpha value is -0.112. The molecule has 0 saturated heterocycles. The second kappa shape index (κ2) is 19.9. The van der Waals surface area contributed by atoms with Crippen molar-refractivity contribution in [2.45, 2.75) is 68.0 Å². The maximum atomic E-state index is 10.7. The number of aliphatic imine (C=N–C) groups is 1. The third-order valence-corrected chi connectivity index (χ3v) is 21.6. The van der Waals surface area contributed by atoms with Gasteiger partial charge in [0.15, 0.2) is 0 Å². The fourth-order valence-corrected chi connectivity index (χ4v) is 16.5. The van der Waals surface area contributed by atoms with Crippen LogP contribution < -0.4 is 0 Å². The van der Waals surface area contributed by atoms with Crippen LogP contribution in [0.3, 0.4) is 0 Å². The van der Waals surface area contributed by atoms with Gasteiger partial charge in [-0.2, -0.15) is 0 Å². The van der Waals surface area contributed by atoms with Crippen molar-refractivity contribution in [2.24, 2.45) is 4.99 Å². The number of isocyanates is 1. The first-order valence-corrected chi connectivity index (χ1v) is 21.4. The summed E-state index contributed by atoms with van der Waals surface area (Å²) < 4.78 is 51.0. The Bertz CT molecular complexity index is 541. The van der Waals surface area contributed by atoms with Gasteiger partial charge in [-0.1, -0.05) is 43.4 Å². The molecular weight excluding hydrogens is 551 g/mol. The Morgan fingerprint density at radius 1 is 0.459 bits per heavy atom. The van der Waals surface area contributed by atoms with Crippen molar-refractivity contribution in [3.63, 3.8) is 0 Å². The molecule has 0 heterocycles. The summed E-state index contributed by atoms with van der Waals surface area (Å²) in [6.07, 6.45) is 5.34. The van der Waals surface area contributed by atoms with Crippen molar-refractivity contribution in [2.75, 3.05) is 70.5 Å².